The van der Waals surface area contributed by atoms with E-state index in [0.717, 1.165) is 10.1 Å². The van der Waals surface area contributed by atoms with Crippen LogP contribution in [-0.2, 0) is 13.5 Å². The van der Waals surface area contributed by atoms with Gasteiger partial charge < -0.3 is 10.4 Å². The van der Waals surface area contributed by atoms with Crippen LogP contribution in [0.1, 0.15) is 28.9 Å². The fraction of sp³-hybridized carbons (Fsp3) is 0.389. The molecule has 0 saturated carbocycles. The van der Waals surface area contributed by atoms with Gasteiger partial charge in [-0.15, -0.1) is 10.8 Å². The smallest absolute Gasteiger partial charge is 0.297 e. The van der Waals surface area contributed by atoms with Gasteiger partial charge >= 0.3 is 0 Å². The second-order valence-electron chi connectivity index (χ2n) is 6.75. The SMILES string of the molecule is Cn1c(N2CCCCS2(O)O)nc(C(=O)NCCc2cccc(Cl)c2)c(O)c1=O. The maximum absolute atomic E-state index is 12.5. The van der Waals surface area contributed by atoms with E-state index in [4.69, 9.17) is 11.6 Å². The fourth-order valence-electron chi connectivity index (χ4n) is 3.10. The largest absolute Gasteiger partial charge is 0.501 e. The van der Waals surface area contributed by atoms with Crippen LogP contribution < -0.4 is 15.2 Å². The molecule has 158 valence electrons. The van der Waals surface area contributed by atoms with E-state index in [1.807, 2.05) is 6.07 Å². The average molecular weight is 443 g/mol. The zero-order chi connectivity index (χ0) is 21.2. The van der Waals surface area contributed by atoms with E-state index >= 15 is 0 Å². The predicted molar refractivity (Wildman–Crippen MR) is 113 cm³/mol. The number of amides is 1. The van der Waals surface area contributed by atoms with Gasteiger partial charge in [-0.3, -0.25) is 23.3 Å². The van der Waals surface area contributed by atoms with Crippen molar-refractivity contribution in [3.05, 3.63) is 50.9 Å². The Kier molecular flexibility index (Phi) is 6.37. The Balaban J connectivity index is 1.82. The minimum atomic E-state index is -3.14. The third-order valence-corrected chi connectivity index (χ3v) is 6.78. The average Bonchev–Trinajstić information content (AvgIpc) is 2.67. The molecule has 4 N–H and O–H groups in total. The number of nitrogens with one attached hydrogen (secondary N) is 1. The Morgan fingerprint density at radius 2 is 2.10 bits per heavy atom. The molecule has 3 rings (SSSR count). The number of carbonyl (C=O) groups excluding carboxylic acids is 1. The molecule has 2 aromatic rings. The molecule has 0 bridgehead atoms. The summed E-state index contributed by atoms with van der Waals surface area (Å²) in [4.78, 5) is 29.0. The number of nitrogens with zero attached hydrogens (tertiary/aromatic N) is 3. The summed E-state index contributed by atoms with van der Waals surface area (Å²) in [5.74, 6) is -1.42. The number of carbonyl (C=O) groups is 1. The number of anilines is 1. The summed E-state index contributed by atoms with van der Waals surface area (Å²) in [6.45, 7) is 0.521. The van der Waals surface area contributed by atoms with Crippen LogP contribution in [-0.4, -0.2) is 48.5 Å². The molecule has 9 nitrogen and oxygen atoms in total. The third kappa shape index (κ3) is 4.67. The van der Waals surface area contributed by atoms with Gasteiger partial charge in [0.25, 0.3) is 11.5 Å². The van der Waals surface area contributed by atoms with Crippen molar-refractivity contribution in [3.63, 3.8) is 0 Å². The van der Waals surface area contributed by atoms with Crippen molar-refractivity contribution in [2.24, 2.45) is 7.05 Å². The lowest BCUT2D eigenvalue weighted by Gasteiger charge is -2.46. The Bertz CT molecular complexity index is 981. The molecule has 1 fully saturated rings. The molecule has 0 aliphatic carbocycles. The molecule has 1 amide bonds. The van der Waals surface area contributed by atoms with E-state index in [1.54, 1.807) is 18.2 Å². The van der Waals surface area contributed by atoms with E-state index in [-0.39, 0.29) is 24.8 Å². The molecule has 1 aromatic carbocycles. The van der Waals surface area contributed by atoms with Gasteiger partial charge in [0.05, 0.1) is 5.75 Å². The molecular weight excluding hydrogens is 420 g/mol. The molecule has 29 heavy (non-hydrogen) atoms. The van der Waals surface area contributed by atoms with Crippen LogP contribution in [0.3, 0.4) is 0 Å². The van der Waals surface area contributed by atoms with Crippen molar-refractivity contribution < 1.29 is 19.0 Å². The third-order valence-electron chi connectivity index (χ3n) is 4.65. The van der Waals surface area contributed by atoms with Crippen LogP contribution in [0, 0.1) is 0 Å². The highest BCUT2D eigenvalue weighted by atomic mass is 35.5. The summed E-state index contributed by atoms with van der Waals surface area (Å²) in [5, 5.41) is 13.3. The van der Waals surface area contributed by atoms with Crippen LogP contribution in [0.4, 0.5) is 5.95 Å². The minimum absolute atomic E-state index is 0.0625. The Hall–Kier alpha value is -2.27. The van der Waals surface area contributed by atoms with Gasteiger partial charge in [-0.1, -0.05) is 23.7 Å². The summed E-state index contributed by atoms with van der Waals surface area (Å²) >= 11 is 5.94. The number of aromatic hydroxyl groups is 1. The van der Waals surface area contributed by atoms with Crippen molar-refractivity contribution >= 4 is 34.2 Å². The minimum Gasteiger partial charge on any atom is -0.501 e. The van der Waals surface area contributed by atoms with Crippen LogP contribution >= 0.6 is 22.4 Å². The van der Waals surface area contributed by atoms with Crippen molar-refractivity contribution in [3.8, 4) is 5.75 Å². The number of hydrogen-bond donors (Lipinski definition) is 4. The second-order valence-corrected chi connectivity index (χ2v) is 9.30. The number of aromatic nitrogens is 2. The Labute approximate surface area is 174 Å². The molecule has 0 atom stereocenters. The monoisotopic (exact) mass is 442 g/mol. The number of halogens is 1. The van der Waals surface area contributed by atoms with Gasteiger partial charge in [-0.05, 0) is 37.0 Å². The van der Waals surface area contributed by atoms with E-state index in [1.165, 1.54) is 11.4 Å². The molecule has 2 heterocycles. The molecule has 11 heteroatoms. The first-order valence-corrected chi connectivity index (χ1v) is 11.1. The Morgan fingerprint density at radius 1 is 1.34 bits per heavy atom. The zero-order valence-corrected chi connectivity index (χ0v) is 17.4. The first-order valence-electron chi connectivity index (χ1n) is 9.07. The summed E-state index contributed by atoms with van der Waals surface area (Å²) in [5.41, 5.74) is -0.368. The van der Waals surface area contributed by atoms with Crippen molar-refractivity contribution in [2.75, 3.05) is 23.1 Å². The highest BCUT2D eigenvalue weighted by molar-refractivity contribution is 8.25. The standard InChI is InChI=1S/C18H23ClN4O5S/c1-22-17(26)15(24)14(21-18(22)23-9-2-3-10-29(23,27)28)16(25)20-8-7-12-5-4-6-13(19)11-12/h4-6,11,24,27-28H,2-3,7-10H2,1H3,(H,20,25). The van der Waals surface area contributed by atoms with Crippen LogP contribution in [0.2, 0.25) is 5.02 Å². The first-order chi connectivity index (χ1) is 13.7. The number of hydrogen-bond acceptors (Lipinski definition) is 7. The number of benzene rings is 1. The molecule has 0 unspecified atom stereocenters. The van der Waals surface area contributed by atoms with Gasteiger partial charge in [-0.25, -0.2) is 9.29 Å². The molecule has 0 radical (unpaired) electrons. The zero-order valence-electron chi connectivity index (χ0n) is 15.8. The maximum Gasteiger partial charge on any atom is 0.297 e. The molecule has 1 aromatic heterocycles. The first kappa shape index (κ1) is 21.4. The molecule has 1 aliphatic rings. The van der Waals surface area contributed by atoms with Crippen molar-refractivity contribution in [1.29, 1.82) is 0 Å². The topological polar surface area (TPSA) is 128 Å². The summed E-state index contributed by atoms with van der Waals surface area (Å²) in [6, 6.07) is 7.20. The molecule has 0 spiro atoms. The molecular formula is C18H23ClN4O5S. The highest BCUT2D eigenvalue weighted by Crippen LogP contribution is 2.48. The van der Waals surface area contributed by atoms with E-state index < -0.39 is 33.7 Å². The summed E-state index contributed by atoms with van der Waals surface area (Å²) < 4.78 is 22.9. The maximum atomic E-state index is 12.5. The molecule has 1 aliphatic heterocycles. The lowest BCUT2D eigenvalue weighted by molar-refractivity contribution is 0.0945. The Morgan fingerprint density at radius 3 is 2.79 bits per heavy atom. The van der Waals surface area contributed by atoms with Gasteiger partial charge in [0.1, 0.15) is 0 Å². The van der Waals surface area contributed by atoms with E-state index in [2.05, 4.69) is 10.3 Å². The second kappa shape index (κ2) is 8.62. The van der Waals surface area contributed by atoms with Gasteiger partial charge in [0.15, 0.2) is 5.69 Å². The summed E-state index contributed by atoms with van der Waals surface area (Å²) in [7, 11) is -1.79. The van der Waals surface area contributed by atoms with E-state index in [0.29, 0.717) is 24.3 Å². The van der Waals surface area contributed by atoms with Crippen LogP contribution in [0.15, 0.2) is 29.1 Å². The summed E-state index contributed by atoms with van der Waals surface area (Å²) in [6.07, 6.45) is 1.83. The predicted octanol–water partition coefficient (Wildman–Crippen LogP) is 2.38. The van der Waals surface area contributed by atoms with E-state index in [9.17, 15) is 23.8 Å². The van der Waals surface area contributed by atoms with Gasteiger partial charge in [-0.2, -0.15) is 0 Å². The quantitative estimate of drug-likeness (QED) is 0.559. The van der Waals surface area contributed by atoms with Gasteiger partial charge in [0, 0.05) is 25.2 Å². The lowest BCUT2D eigenvalue weighted by atomic mass is 10.1. The number of rotatable bonds is 5. The molecule has 1 saturated heterocycles. The van der Waals surface area contributed by atoms with Crippen molar-refractivity contribution in [1.82, 2.24) is 14.9 Å². The van der Waals surface area contributed by atoms with Crippen LogP contribution in [0.5, 0.6) is 5.75 Å². The van der Waals surface area contributed by atoms with Crippen LogP contribution in [0.25, 0.3) is 0 Å². The van der Waals surface area contributed by atoms with Gasteiger partial charge in [0.2, 0.25) is 11.7 Å². The lowest BCUT2D eigenvalue weighted by Crippen LogP contribution is -2.40. The normalized spacial score (nSPS) is 17.0. The highest BCUT2D eigenvalue weighted by Gasteiger charge is 2.31. The fourth-order valence-corrected chi connectivity index (χ4v) is 4.97. The van der Waals surface area contributed by atoms with Crippen molar-refractivity contribution in [2.45, 2.75) is 19.3 Å².